The molecule has 2 aromatic carbocycles. The molecule has 0 unspecified atom stereocenters. The second-order valence-electron chi connectivity index (χ2n) is 7.51. The van der Waals surface area contributed by atoms with Crippen LogP contribution in [0, 0.1) is 6.92 Å². The topological polar surface area (TPSA) is 71.5 Å². The number of hydrogen-bond donors (Lipinski definition) is 1. The highest BCUT2D eigenvalue weighted by atomic mass is 32.1. The Morgan fingerprint density at radius 3 is 2.58 bits per heavy atom. The van der Waals surface area contributed by atoms with Gasteiger partial charge in [-0.1, -0.05) is 60.7 Å². The first-order valence-electron chi connectivity index (χ1n) is 10.4. The van der Waals surface area contributed by atoms with Crippen LogP contribution in [0.3, 0.4) is 0 Å². The molecule has 1 aromatic heterocycles. The third-order valence-corrected chi connectivity index (χ3v) is 6.33. The molecule has 1 aliphatic rings. The summed E-state index contributed by atoms with van der Waals surface area (Å²) < 4.78 is 5.28. The van der Waals surface area contributed by atoms with Crippen molar-refractivity contribution < 1.29 is 14.3 Å². The quantitative estimate of drug-likeness (QED) is 0.612. The number of likely N-dealkylation sites (tertiary alicyclic amines) is 1. The molecule has 6 nitrogen and oxygen atoms in total. The van der Waals surface area contributed by atoms with E-state index in [4.69, 9.17) is 4.74 Å². The molecular weight excluding hydrogens is 410 g/mol. The van der Waals surface area contributed by atoms with E-state index in [9.17, 15) is 9.59 Å². The van der Waals surface area contributed by atoms with Gasteiger partial charge in [0.05, 0.1) is 9.88 Å². The Kier molecular flexibility index (Phi) is 6.62. The Morgan fingerprint density at radius 2 is 1.84 bits per heavy atom. The molecule has 2 heterocycles. The first kappa shape index (κ1) is 21.1. The van der Waals surface area contributed by atoms with Crippen LogP contribution in [0.5, 0.6) is 0 Å². The molecule has 3 aromatic rings. The second kappa shape index (κ2) is 9.75. The van der Waals surface area contributed by atoms with Crippen LogP contribution < -0.4 is 5.32 Å². The molecule has 160 valence electrons. The fraction of sp³-hybridized carbons (Fsp3) is 0.292. The summed E-state index contributed by atoms with van der Waals surface area (Å²) in [6, 6.07) is 19.3. The fourth-order valence-electron chi connectivity index (χ4n) is 3.78. The Bertz CT molecular complexity index is 1040. The van der Waals surface area contributed by atoms with Gasteiger partial charge in [0.25, 0.3) is 5.91 Å². The molecule has 0 spiro atoms. The summed E-state index contributed by atoms with van der Waals surface area (Å²) in [7, 11) is 0. The molecule has 0 aliphatic carbocycles. The minimum Gasteiger partial charge on any atom is -0.445 e. The lowest BCUT2D eigenvalue weighted by Gasteiger charge is -2.24. The van der Waals surface area contributed by atoms with E-state index in [0.29, 0.717) is 18.8 Å². The summed E-state index contributed by atoms with van der Waals surface area (Å²) in [5.41, 5.74) is 2.42. The molecule has 7 heteroatoms. The molecule has 1 saturated heterocycles. The highest BCUT2D eigenvalue weighted by Crippen LogP contribution is 2.32. The largest absolute Gasteiger partial charge is 0.445 e. The number of nitrogens with zero attached hydrogens (tertiary/aromatic N) is 2. The molecular formula is C24H25N3O3S. The summed E-state index contributed by atoms with van der Waals surface area (Å²) in [6.07, 6.45) is 1.27. The first-order chi connectivity index (χ1) is 15.1. The molecule has 0 bridgehead atoms. The van der Waals surface area contributed by atoms with E-state index in [-0.39, 0.29) is 18.6 Å². The smallest absolute Gasteiger partial charge is 0.407 e. The summed E-state index contributed by atoms with van der Waals surface area (Å²) in [6.45, 7) is 3.16. The summed E-state index contributed by atoms with van der Waals surface area (Å²) in [5, 5.41) is 3.67. The number of carbonyl (C=O) groups is 2. The van der Waals surface area contributed by atoms with Crippen molar-refractivity contribution in [1.82, 2.24) is 15.2 Å². The predicted molar refractivity (Wildman–Crippen MR) is 121 cm³/mol. The number of hydrogen-bond acceptors (Lipinski definition) is 5. The molecule has 1 aliphatic heterocycles. The van der Waals surface area contributed by atoms with Gasteiger partial charge >= 0.3 is 6.09 Å². The maximum Gasteiger partial charge on any atom is 0.407 e. The van der Waals surface area contributed by atoms with E-state index < -0.39 is 6.09 Å². The van der Waals surface area contributed by atoms with Crippen LogP contribution in [-0.4, -0.2) is 41.0 Å². The van der Waals surface area contributed by atoms with Gasteiger partial charge in [0, 0.05) is 19.1 Å². The van der Waals surface area contributed by atoms with Crippen molar-refractivity contribution in [3.05, 3.63) is 76.9 Å². The molecule has 1 N–H and O–H groups in total. The molecule has 2 amide bonds. The van der Waals surface area contributed by atoms with E-state index in [2.05, 4.69) is 10.3 Å². The monoisotopic (exact) mass is 435 g/mol. The number of nitrogens with one attached hydrogen (secondary N) is 1. The lowest BCUT2D eigenvalue weighted by molar-refractivity contribution is 0.0725. The van der Waals surface area contributed by atoms with Gasteiger partial charge in [-0.3, -0.25) is 4.79 Å². The average Bonchev–Trinajstić information content (AvgIpc) is 3.43. The lowest BCUT2D eigenvalue weighted by Crippen LogP contribution is -2.43. The van der Waals surface area contributed by atoms with Gasteiger partial charge < -0.3 is 15.0 Å². The Labute approximate surface area is 185 Å². The minimum atomic E-state index is -0.474. The van der Waals surface area contributed by atoms with Crippen molar-refractivity contribution in [3.8, 4) is 10.4 Å². The Morgan fingerprint density at radius 1 is 1.13 bits per heavy atom. The van der Waals surface area contributed by atoms with Crippen LogP contribution in [0.1, 0.15) is 33.9 Å². The van der Waals surface area contributed by atoms with Gasteiger partial charge in [-0.05, 0) is 30.9 Å². The standard InChI is InChI=1S/C24H25N3O3S/c1-17-26-21(22(31-17)19-11-6-3-7-12-19)23(28)27-14-8-13-20(27)15-25-24(29)30-16-18-9-4-2-5-10-18/h2-7,9-12,20H,8,13-16H2,1H3,(H,25,29)/t20-/m0/s1. The van der Waals surface area contributed by atoms with Crippen LogP contribution >= 0.6 is 11.3 Å². The van der Waals surface area contributed by atoms with Crippen molar-refractivity contribution in [1.29, 1.82) is 0 Å². The van der Waals surface area contributed by atoms with E-state index in [1.54, 1.807) is 0 Å². The van der Waals surface area contributed by atoms with E-state index >= 15 is 0 Å². The maximum atomic E-state index is 13.3. The number of thiazole rings is 1. The predicted octanol–water partition coefficient (Wildman–Crippen LogP) is 4.65. The normalized spacial score (nSPS) is 15.6. The van der Waals surface area contributed by atoms with Crippen molar-refractivity contribution >= 4 is 23.3 Å². The number of carbonyl (C=O) groups excluding carboxylic acids is 2. The zero-order valence-electron chi connectivity index (χ0n) is 17.4. The number of aromatic nitrogens is 1. The van der Waals surface area contributed by atoms with Gasteiger partial charge in [-0.15, -0.1) is 11.3 Å². The zero-order valence-corrected chi connectivity index (χ0v) is 18.2. The minimum absolute atomic E-state index is 0.0672. The second-order valence-corrected chi connectivity index (χ2v) is 8.72. The highest BCUT2D eigenvalue weighted by molar-refractivity contribution is 7.15. The number of aryl methyl sites for hydroxylation is 1. The number of benzene rings is 2. The van der Waals surface area contributed by atoms with Gasteiger partial charge in [-0.2, -0.15) is 0 Å². The molecule has 0 radical (unpaired) electrons. The van der Waals surface area contributed by atoms with Gasteiger partial charge in [0.2, 0.25) is 0 Å². The molecule has 1 atom stereocenters. The number of rotatable bonds is 6. The Balaban J connectivity index is 1.38. The summed E-state index contributed by atoms with van der Waals surface area (Å²) in [5.74, 6) is -0.0786. The third kappa shape index (κ3) is 5.11. The number of alkyl carbamates (subject to hydrolysis) is 1. The number of amides is 2. The highest BCUT2D eigenvalue weighted by Gasteiger charge is 2.32. The first-order valence-corrected chi connectivity index (χ1v) is 11.2. The molecule has 0 saturated carbocycles. The summed E-state index contributed by atoms with van der Waals surface area (Å²) >= 11 is 1.53. The van der Waals surface area contributed by atoms with Gasteiger partial charge in [0.15, 0.2) is 0 Å². The fourth-order valence-corrected chi connectivity index (χ4v) is 4.70. The number of ether oxygens (including phenoxy) is 1. The molecule has 4 rings (SSSR count). The SMILES string of the molecule is Cc1nc(C(=O)N2CCC[C@H]2CNC(=O)OCc2ccccc2)c(-c2ccccc2)s1. The lowest BCUT2D eigenvalue weighted by atomic mass is 10.1. The van der Waals surface area contributed by atoms with Crippen molar-refractivity contribution in [2.45, 2.75) is 32.4 Å². The Hall–Kier alpha value is -3.19. The van der Waals surface area contributed by atoms with Crippen LogP contribution in [0.25, 0.3) is 10.4 Å². The van der Waals surface area contributed by atoms with Gasteiger partial charge in [0.1, 0.15) is 12.3 Å². The van der Waals surface area contributed by atoms with Crippen molar-refractivity contribution in [3.63, 3.8) is 0 Å². The van der Waals surface area contributed by atoms with Crippen molar-refractivity contribution in [2.24, 2.45) is 0 Å². The molecule has 1 fully saturated rings. The van der Waals surface area contributed by atoms with Crippen LogP contribution in [0.4, 0.5) is 4.79 Å². The summed E-state index contributed by atoms with van der Waals surface area (Å²) in [4.78, 5) is 32.7. The van der Waals surface area contributed by atoms with Crippen LogP contribution in [0.15, 0.2) is 60.7 Å². The molecule has 31 heavy (non-hydrogen) atoms. The zero-order chi connectivity index (χ0) is 21.6. The third-order valence-electron chi connectivity index (χ3n) is 5.31. The van der Waals surface area contributed by atoms with E-state index in [1.807, 2.05) is 72.5 Å². The van der Waals surface area contributed by atoms with E-state index in [0.717, 1.165) is 33.9 Å². The average molecular weight is 436 g/mol. The van der Waals surface area contributed by atoms with Crippen molar-refractivity contribution in [2.75, 3.05) is 13.1 Å². The van der Waals surface area contributed by atoms with Crippen LogP contribution in [0.2, 0.25) is 0 Å². The van der Waals surface area contributed by atoms with Crippen LogP contribution in [-0.2, 0) is 11.3 Å². The van der Waals surface area contributed by atoms with E-state index in [1.165, 1.54) is 11.3 Å². The van der Waals surface area contributed by atoms with Gasteiger partial charge in [-0.25, -0.2) is 9.78 Å². The maximum absolute atomic E-state index is 13.3.